The van der Waals surface area contributed by atoms with E-state index in [2.05, 4.69) is 4.74 Å². The van der Waals surface area contributed by atoms with Crippen LogP contribution >= 0.6 is 0 Å². The summed E-state index contributed by atoms with van der Waals surface area (Å²) in [4.78, 5) is 0. The molecule has 0 saturated heterocycles. The van der Waals surface area contributed by atoms with Crippen molar-refractivity contribution < 1.29 is 36.2 Å². The number of ether oxygens (including phenoxy) is 1. The SMILES string of the molecule is CCCC(C)(O)C(F)(C(F)(F)F)C(F)(F)OC(C)(CC)CC. The van der Waals surface area contributed by atoms with Crippen LogP contribution in [0.4, 0.5) is 26.3 Å². The summed E-state index contributed by atoms with van der Waals surface area (Å²) in [5.74, 6) is 0. The van der Waals surface area contributed by atoms with Gasteiger partial charge in [-0.05, 0) is 33.1 Å². The smallest absolute Gasteiger partial charge is 0.386 e. The zero-order valence-electron chi connectivity index (χ0n) is 13.5. The molecule has 0 fully saturated rings. The molecule has 22 heavy (non-hydrogen) atoms. The molecule has 0 saturated carbocycles. The molecule has 134 valence electrons. The first-order chi connectivity index (χ1) is 9.64. The molecule has 0 heterocycles. The van der Waals surface area contributed by atoms with E-state index in [0.717, 1.165) is 0 Å². The van der Waals surface area contributed by atoms with Crippen LogP contribution in [0.1, 0.15) is 60.3 Å². The van der Waals surface area contributed by atoms with E-state index in [9.17, 15) is 31.4 Å². The van der Waals surface area contributed by atoms with Crippen molar-refractivity contribution in [3.05, 3.63) is 0 Å². The number of halogens is 6. The first-order valence-electron chi connectivity index (χ1n) is 7.20. The molecule has 0 aliphatic rings. The van der Waals surface area contributed by atoms with Crippen molar-refractivity contribution in [2.75, 3.05) is 0 Å². The fourth-order valence-corrected chi connectivity index (χ4v) is 2.22. The van der Waals surface area contributed by atoms with Gasteiger partial charge in [0.25, 0.3) is 0 Å². The summed E-state index contributed by atoms with van der Waals surface area (Å²) in [5.41, 5.74) is -10.2. The second-order valence-electron chi connectivity index (χ2n) is 5.96. The van der Waals surface area contributed by atoms with Gasteiger partial charge in [0.15, 0.2) is 0 Å². The maximum atomic E-state index is 14.6. The predicted octanol–water partition coefficient (Wildman–Crippen LogP) is 5.00. The van der Waals surface area contributed by atoms with Crippen LogP contribution in [0, 0.1) is 0 Å². The van der Waals surface area contributed by atoms with Gasteiger partial charge in [-0.15, -0.1) is 0 Å². The van der Waals surface area contributed by atoms with Gasteiger partial charge in [-0.3, -0.25) is 0 Å². The fourth-order valence-electron chi connectivity index (χ4n) is 2.22. The summed E-state index contributed by atoms with van der Waals surface area (Å²) in [6.07, 6.45) is -12.2. The normalized spacial score (nSPS) is 19.6. The van der Waals surface area contributed by atoms with E-state index < -0.39 is 35.6 Å². The number of aliphatic hydroxyl groups is 1. The molecule has 0 aliphatic carbocycles. The van der Waals surface area contributed by atoms with Crippen molar-refractivity contribution in [1.82, 2.24) is 0 Å². The van der Waals surface area contributed by atoms with Crippen LogP contribution in [0.2, 0.25) is 0 Å². The van der Waals surface area contributed by atoms with Crippen LogP contribution in [0.3, 0.4) is 0 Å². The predicted molar refractivity (Wildman–Crippen MR) is 70.4 cm³/mol. The van der Waals surface area contributed by atoms with Crippen LogP contribution in [0.5, 0.6) is 0 Å². The Morgan fingerprint density at radius 1 is 0.864 bits per heavy atom. The lowest BCUT2D eigenvalue weighted by Gasteiger charge is -2.46. The second kappa shape index (κ2) is 6.55. The highest BCUT2D eigenvalue weighted by atomic mass is 19.4. The Balaban J connectivity index is 6.01. The van der Waals surface area contributed by atoms with E-state index >= 15 is 0 Å². The molecule has 0 aromatic rings. The van der Waals surface area contributed by atoms with Crippen LogP contribution in [0.25, 0.3) is 0 Å². The lowest BCUT2D eigenvalue weighted by atomic mass is 9.80. The number of hydrogen-bond acceptors (Lipinski definition) is 2. The number of rotatable bonds is 8. The quantitative estimate of drug-likeness (QED) is 0.631. The standard InChI is InChI=1S/C14H24F6O2/c1-6-9-11(5,21)12(15,13(16,17)18)14(19,20)22-10(4,7-2)8-3/h21H,6-9H2,1-5H3. The van der Waals surface area contributed by atoms with Gasteiger partial charge >= 0.3 is 18.0 Å². The van der Waals surface area contributed by atoms with Crippen molar-refractivity contribution in [3.8, 4) is 0 Å². The lowest BCUT2D eigenvalue weighted by Crippen LogP contribution is -2.70. The molecule has 0 spiro atoms. The maximum Gasteiger partial charge on any atom is 0.434 e. The van der Waals surface area contributed by atoms with Crippen LogP contribution in [-0.4, -0.2) is 34.3 Å². The summed E-state index contributed by atoms with van der Waals surface area (Å²) in [6.45, 7) is 5.82. The van der Waals surface area contributed by atoms with Crippen molar-refractivity contribution in [2.45, 2.75) is 89.5 Å². The summed E-state index contributed by atoms with van der Waals surface area (Å²) in [7, 11) is 0. The highest BCUT2D eigenvalue weighted by molar-refractivity contribution is 5.08. The molecule has 0 bridgehead atoms. The fraction of sp³-hybridized carbons (Fsp3) is 1.00. The number of alkyl halides is 6. The van der Waals surface area contributed by atoms with Gasteiger partial charge in [0.1, 0.15) is 5.60 Å². The maximum absolute atomic E-state index is 14.6. The van der Waals surface area contributed by atoms with E-state index in [1.165, 1.54) is 27.7 Å². The molecular weight excluding hydrogens is 314 g/mol. The van der Waals surface area contributed by atoms with E-state index in [4.69, 9.17) is 0 Å². The van der Waals surface area contributed by atoms with E-state index in [1.807, 2.05) is 0 Å². The average Bonchev–Trinajstić information content (AvgIpc) is 2.35. The van der Waals surface area contributed by atoms with Crippen molar-refractivity contribution >= 4 is 0 Å². The van der Waals surface area contributed by atoms with Crippen molar-refractivity contribution in [2.24, 2.45) is 0 Å². The second-order valence-corrected chi connectivity index (χ2v) is 5.96. The molecule has 2 nitrogen and oxygen atoms in total. The lowest BCUT2D eigenvalue weighted by molar-refractivity contribution is -0.435. The Labute approximate surface area is 126 Å². The molecule has 0 aliphatic heterocycles. The molecule has 2 atom stereocenters. The molecular formula is C14H24F6O2. The van der Waals surface area contributed by atoms with Crippen LogP contribution in [-0.2, 0) is 4.74 Å². The molecule has 0 aromatic carbocycles. The van der Waals surface area contributed by atoms with Crippen molar-refractivity contribution in [3.63, 3.8) is 0 Å². The largest absolute Gasteiger partial charge is 0.434 e. The van der Waals surface area contributed by atoms with Gasteiger partial charge in [0.2, 0.25) is 0 Å². The third-order valence-corrected chi connectivity index (χ3v) is 4.14. The summed E-state index contributed by atoms with van der Waals surface area (Å²) in [6, 6.07) is 0. The summed E-state index contributed by atoms with van der Waals surface area (Å²) >= 11 is 0. The Morgan fingerprint density at radius 2 is 1.27 bits per heavy atom. The van der Waals surface area contributed by atoms with Gasteiger partial charge in [-0.2, -0.15) is 22.0 Å². The molecule has 0 amide bonds. The minimum Gasteiger partial charge on any atom is -0.386 e. The summed E-state index contributed by atoms with van der Waals surface area (Å²) in [5, 5.41) is 9.79. The first-order valence-corrected chi connectivity index (χ1v) is 7.20. The van der Waals surface area contributed by atoms with Crippen LogP contribution in [0.15, 0.2) is 0 Å². The molecule has 1 N–H and O–H groups in total. The van der Waals surface area contributed by atoms with Crippen LogP contribution < -0.4 is 0 Å². The minimum absolute atomic E-state index is 0.0387. The Hall–Kier alpha value is -0.500. The third kappa shape index (κ3) is 3.69. The van der Waals surface area contributed by atoms with Gasteiger partial charge in [-0.25, -0.2) is 4.39 Å². The molecule has 8 heteroatoms. The molecule has 0 aromatic heterocycles. The first kappa shape index (κ1) is 21.5. The average molecular weight is 338 g/mol. The van der Waals surface area contributed by atoms with Gasteiger partial charge in [0.05, 0.1) is 5.60 Å². The highest BCUT2D eigenvalue weighted by Crippen LogP contribution is 2.54. The zero-order chi connectivity index (χ0) is 18.0. The van der Waals surface area contributed by atoms with E-state index in [-0.39, 0.29) is 19.3 Å². The third-order valence-electron chi connectivity index (χ3n) is 4.14. The summed E-state index contributed by atoms with van der Waals surface area (Å²) < 4.78 is 86.5. The van der Waals surface area contributed by atoms with Gasteiger partial charge in [-0.1, -0.05) is 27.2 Å². The topological polar surface area (TPSA) is 29.5 Å². The minimum atomic E-state index is -6.00. The van der Waals surface area contributed by atoms with Gasteiger partial charge < -0.3 is 9.84 Å². The van der Waals surface area contributed by atoms with E-state index in [1.54, 1.807) is 0 Å². The number of hydrogen-bond donors (Lipinski definition) is 1. The monoisotopic (exact) mass is 338 g/mol. The molecule has 0 rings (SSSR count). The zero-order valence-corrected chi connectivity index (χ0v) is 13.5. The highest BCUT2D eigenvalue weighted by Gasteiger charge is 2.80. The van der Waals surface area contributed by atoms with Crippen molar-refractivity contribution in [1.29, 1.82) is 0 Å². The van der Waals surface area contributed by atoms with Gasteiger partial charge in [0, 0.05) is 0 Å². The Morgan fingerprint density at radius 3 is 1.55 bits per heavy atom. The Kier molecular flexibility index (Phi) is 6.40. The van der Waals surface area contributed by atoms with E-state index in [0.29, 0.717) is 6.92 Å². The molecule has 0 radical (unpaired) electrons. The molecule has 2 unspecified atom stereocenters. The Bertz CT molecular complexity index is 363.